The van der Waals surface area contributed by atoms with Crippen molar-refractivity contribution in [2.75, 3.05) is 33.5 Å². The van der Waals surface area contributed by atoms with Crippen LogP contribution in [0.15, 0.2) is 18.2 Å². The Morgan fingerprint density at radius 1 is 1.33 bits per heavy atom. The Hall–Kier alpha value is -0.680. The van der Waals surface area contributed by atoms with E-state index < -0.39 is 0 Å². The first kappa shape index (κ1) is 15.4. The van der Waals surface area contributed by atoms with Gasteiger partial charge in [-0.2, -0.15) is 0 Å². The summed E-state index contributed by atoms with van der Waals surface area (Å²) in [6, 6.07) is 4.89. The van der Waals surface area contributed by atoms with Crippen molar-refractivity contribution in [2.45, 2.75) is 13.0 Å². The first-order valence-electron chi connectivity index (χ1n) is 5.90. The van der Waals surface area contributed by atoms with E-state index in [4.69, 9.17) is 21.1 Å². The summed E-state index contributed by atoms with van der Waals surface area (Å²) < 4.78 is 23.5. The lowest BCUT2D eigenvalue weighted by molar-refractivity contribution is 0.0712. The van der Waals surface area contributed by atoms with Crippen LogP contribution >= 0.6 is 11.6 Å². The summed E-state index contributed by atoms with van der Waals surface area (Å²) >= 11 is 5.63. The van der Waals surface area contributed by atoms with Crippen molar-refractivity contribution in [3.8, 4) is 0 Å². The van der Waals surface area contributed by atoms with Gasteiger partial charge in [-0.15, -0.1) is 0 Å². The molecule has 0 amide bonds. The van der Waals surface area contributed by atoms with Gasteiger partial charge in [0.1, 0.15) is 5.82 Å². The van der Waals surface area contributed by atoms with Crippen molar-refractivity contribution in [1.29, 1.82) is 0 Å². The van der Waals surface area contributed by atoms with E-state index in [0.29, 0.717) is 26.4 Å². The molecule has 0 aliphatic carbocycles. The summed E-state index contributed by atoms with van der Waals surface area (Å²) in [6.45, 7) is 4.46. The predicted molar refractivity (Wildman–Crippen MR) is 70.5 cm³/mol. The van der Waals surface area contributed by atoms with Crippen LogP contribution in [-0.4, -0.2) is 33.5 Å². The van der Waals surface area contributed by atoms with Crippen LogP contribution in [0.2, 0.25) is 5.02 Å². The highest BCUT2D eigenvalue weighted by atomic mass is 35.5. The maximum Gasteiger partial charge on any atom is 0.142 e. The zero-order valence-electron chi connectivity index (χ0n) is 10.7. The van der Waals surface area contributed by atoms with Crippen LogP contribution in [0.4, 0.5) is 4.39 Å². The normalized spacial score (nSPS) is 12.7. The van der Waals surface area contributed by atoms with Gasteiger partial charge in [0, 0.05) is 19.7 Å². The second-order valence-electron chi connectivity index (χ2n) is 3.95. The predicted octanol–water partition coefficient (Wildman–Crippen LogP) is 2.79. The van der Waals surface area contributed by atoms with Gasteiger partial charge in [-0.1, -0.05) is 17.7 Å². The van der Waals surface area contributed by atoms with E-state index in [1.807, 2.05) is 13.0 Å². The molecule has 0 bridgehead atoms. The van der Waals surface area contributed by atoms with Crippen LogP contribution in [0.25, 0.3) is 0 Å². The molecular weight excluding hydrogens is 257 g/mol. The summed E-state index contributed by atoms with van der Waals surface area (Å²) in [5, 5.41) is 3.39. The molecule has 102 valence electrons. The molecule has 5 heteroatoms. The average molecular weight is 276 g/mol. The molecule has 0 aliphatic heterocycles. The van der Waals surface area contributed by atoms with Gasteiger partial charge in [0.25, 0.3) is 0 Å². The van der Waals surface area contributed by atoms with Crippen molar-refractivity contribution in [3.05, 3.63) is 34.6 Å². The second-order valence-corrected chi connectivity index (χ2v) is 4.36. The Kier molecular flexibility index (Phi) is 7.20. The van der Waals surface area contributed by atoms with Crippen LogP contribution in [-0.2, 0) is 9.47 Å². The van der Waals surface area contributed by atoms with Gasteiger partial charge in [0.05, 0.1) is 24.8 Å². The largest absolute Gasteiger partial charge is 0.382 e. The van der Waals surface area contributed by atoms with Crippen molar-refractivity contribution in [2.24, 2.45) is 0 Å². The molecule has 1 aromatic rings. The van der Waals surface area contributed by atoms with Crippen molar-refractivity contribution >= 4 is 11.6 Å². The molecule has 1 rings (SSSR count). The summed E-state index contributed by atoms with van der Waals surface area (Å²) in [5.41, 5.74) is 0.869. The molecule has 18 heavy (non-hydrogen) atoms. The molecule has 1 atom stereocenters. The molecular formula is C13H19ClFNO2. The molecule has 0 saturated heterocycles. The first-order valence-corrected chi connectivity index (χ1v) is 6.28. The number of rotatable bonds is 8. The van der Waals surface area contributed by atoms with E-state index in [-0.39, 0.29) is 16.9 Å². The van der Waals surface area contributed by atoms with Crippen LogP contribution < -0.4 is 5.32 Å². The molecule has 0 fully saturated rings. The highest BCUT2D eigenvalue weighted by Crippen LogP contribution is 2.19. The molecule has 0 radical (unpaired) electrons. The molecule has 0 aliphatic rings. The lowest BCUT2D eigenvalue weighted by Gasteiger charge is -2.14. The summed E-state index contributed by atoms with van der Waals surface area (Å²) in [7, 11) is 1.64. The van der Waals surface area contributed by atoms with E-state index in [0.717, 1.165) is 5.56 Å². The maximum atomic E-state index is 13.3. The Morgan fingerprint density at radius 3 is 2.78 bits per heavy atom. The summed E-state index contributed by atoms with van der Waals surface area (Å²) in [5.74, 6) is -0.390. The number of benzene rings is 1. The number of methoxy groups -OCH3 is 1. The second kappa shape index (κ2) is 8.43. The Labute approximate surface area is 112 Å². The highest BCUT2D eigenvalue weighted by molar-refractivity contribution is 6.30. The van der Waals surface area contributed by atoms with Gasteiger partial charge in [-0.05, 0) is 24.6 Å². The van der Waals surface area contributed by atoms with Crippen LogP contribution in [0.3, 0.4) is 0 Å². The number of halogens is 2. The zero-order valence-corrected chi connectivity index (χ0v) is 11.5. The third-order valence-corrected chi connectivity index (χ3v) is 2.88. The topological polar surface area (TPSA) is 30.5 Å². The maximum absolute atomic E-state index is 13.3. The third-order valence-electron chi connectivity index (χ3n) is 2.57. The SMILES string of the molecule is COCCOCCNC(C)c1ccc(Cl)c(F)c1. The molecule has 1 unspecified atom stereocenters. The Balaban J connectivity index is 2.27. The van der Waals surface area contributed by atoms with Crippen molar-refractivity contribution in [3.63, 3.8) is 0 Å². The van der Waals surface area contributed by atoms with Gasteiger partial charge in [-0.25, -0.2) is 4.39 Å². The third kappa shape index (κ3) is 5.31. The van der Waals surface area contributed by atoms with E-state index >= 15 is 0 Å². The molecule has 1 aromatic carbocycles. The number of hydrogen-bond acceptors (Lipinski definition) is 3. The van der Waals surface area contributed by atoms with Gasteiger partial charge < -0.3 is 14.8 Å². The number of hydrogen-bond donors (Lipinski definition) is 1. The minimum Gasteiger partial charge on any atom is -0.382 e. The van der Waals surface area contributed by atoms with Crippen LogP contribution in [0, 0.1) is 5.82 Å². The average Bonchev–Trinajstić information content (AvgIpc) is 2.36. The van der Waals surface area contributed by atoms with Crippen LogP contribution in [0.1, 0.15) is 18.5 Å². The van der Waals surface area contributed by atoms with Gasteiger partial charge in [-0.3, -0.25) is 0 Å². The van der Waals surface area contributed by atoms with Gasteiger partial charge in [0.15, 0.2) is 0 Å². The summed E-state index contributed by atoms with van der Waals surface area (Å²) in [4.78, 5) is 0. The number of nitrogens with one attached hydrogen (secondary N) is 1. The standard InChI is InChI=1S/C13H19ClFNO2/c1-10(16-5-6-18-8-7-17-2)11-3-4-12(14)13(15)9-11/h3-4,9-10,16H,5-8H2,1-2H3. The molecule has 3 nitrogen and oxygen atoms in total. The fourth-order valence-electron chi connectivity index (χ4n) is 1.49. The van der Waals surface area contributed by atoms with Gasteiger partial charge in [0.2, 0.25) is 0 Å². The van der Waals surface area contributed by atoms with Gasteiger partial charge >= 0.3 is 0 Å². The quantitative estimate of drug-likeness (QED) is 0.740. The summed E-state index contributed by atoms with van der Waals surface area (Å²) in [6.07, 6.45) is 0. The molecule has 0 aromatic heterocycles. The minimum absolute atomic E-state index is 0.0581. The monoisotopic (exact) mass is 275 g/mol. The molecule has 0 spiro atoms. The zero-order chi connectivity index (χ0) is 13.4. The van der Waals surface area contributed by atoms with E-state index in [1.54, 1.807) is 13.2 Å². The minimum atomic E-state index is -0.390. The lowest BCUT2D eigenvalue weighted by Crippen LogP contribution is -2.24. The smallest absolute Gasteiger partial charge is 0.142 e. The fourth-order valence-corrected chi connectivity index (χ4v) is 1.61. The van der Waals surface area contributed by atoms with Crippen LogP contribution in [0.5, 0.6) is 0 Å². The van der Waals surface area contributed by atoms with E-state index in [9.17, 15) is 4.39 Å². The fraction of sp³-hybridized carbons (Fsp3) is 0.538. The number of ether oxygens (including phenoxy) is 2. The Morgan fingerprint density at radius 2 is 2.11 bits per heavy atom. The molecule has 1 N–H and O–H groups in total. The molecule has 0 saturated carbocycles. The highest BCUT2D eigenvalue weighted by Gasteiger charge is 2.07. The van der Waals surface area contributed by atoms with E-state index in [2.05, 4.69) is 5.32 Å². The molecule has 0 heterocycles. The van der Waals surface area contributed by atoms with E-state index in [1.165, 1.54) is 6.07 Å². The Bertz CT molecular complexity index is 363. The lowest BCUT2D eigenvalue weighted by atomic mass is 10.1. The van der Waals surface area contributed by atoms with Crippen molar-refractivity contribution < 1.29 is 13.9 Å². The van der Waals surface area contributed by atoms with Crippen molar-refractivity contribution in [1.82, 2.24) is 5.32 Å². The first-order chi connectivity index (χ1) is 8.65.